The van der Waals surface area contributed by atoms with Gasteiger partial charge in [0.1, 0.15) is 0 Å². The van der Waals surface area contributed by atoms with E-state index in [1.807, 2.05) is 6.07 Å². The molecule has 0 spiro atoms. The van der Waals surface area contributed by atoms with Crippen molar-refractivity contribution in [3.8, 4) is 0 Å². The molecule has 2 aromatic rings. The van der Waals surface area contributed by atoms with Crippen LogP contribution in [0.15, 0.2) is 47.4 Å². The van der Waals surface area contributed by atoms with Gasteiger partial charge in [-0.15, -0.1) is 0 Å². The van der Waals surface area contributed by atoms with Gasteiger partial charge in [0.2, 0.25) is 0 Å². The molecule has 1 aliphatic rings. The summed E-state index contributed by atoms with van der Waals surface area (Å²) < 4.78 is 27.3. The van der Waals surface area contributed by atoms with Crippen molar-refractivity contribution in [2.45, 2.75) is 24.3 Å². The maximum absolute atomic E-state index is 13.0. The summed E-state index contributed by atoms with van der Waals surface area (Å²) in [7, 11) is -4.02. The minimum absolute atomic E-state index is 0.157. The third-order valence-corrected chi connectivity index (χ3v) is 6.02. The Labute approximate surface area is 139 Å². The summed E-state index contributed by atoms with van der Waals surface area (Å²) >= 11 is 0. The molecule has 1 heterocycles. The molecule has 0 fully saturated rings. The Morgan fingerprint density at radius 1 is 1.29 bits per heavy atom. The zero-order valence-corrected chi connectivity index (χ0v) is 13.7. The maximum atomic E-state index is 13.0. The normalized spacial score (nSPS) is 16.9. The van der Waals surface area contributed by atoms with Crippen molar-refractivity contribution in [2.75, 3.05) is 10.9 Å². The number of aliphatic hydroxyl groups is 1. The molecule has 126 valence electrons. The van der Waals surface area contributed by atoms with Gasteiger partial charge < -0.3 is 5.11 Å². The van der Waals surface area contributed by atoms with Crippen LogP contribution in [-0.2, 0) is 16.4 Å². The van der Waals surface area contributed by atoms with Crippen LogP contribution >= 0.6 is 0 Å². The van der Waals surface area contributed by atoms with Crippen LogP contribution in [-0.4, -0.2) is 31.1 Å². The van der Waals surface area contributed by atoms with Gasteiger partial charge in [-0.05, 0) is 31.0 Å². The maximum Gasteiger partial charge on any atom is 0.273 e. The number of aryl methyl sites for hydroxylation is 1. The molecule has 1 aliphatic heterocycles. The van der Waals surface area contributed by atoms with E-state index in [0.29, 0.717) is 17.7 Å². The monoisotopic (exact) mass is 348 g/mol. The lowest BCUT2D eigenvalue weighted by molar-refractivity contribution is -0.385. The summed E-state index contributed by atoms with van der Waals surface area (Å²) in [4.78, 5) is 10.3. The van der Waals surface area contributed by atoms with Gasteiger partial charge in [-0.1, -0.05) is 24.3 Å². The van der Waals surface area contributed by atoms with Crippen molar-refractivity contribution in [1.29, 1.82) is 0 Å². The summed E-state index contributed by atoms with van der Waals surface area (Å²) in [5, 5.41) is 20.7. The van der Waals surface area contributed by atoms with Crippen LogP contribution in [0.4, 0.5) is 11.4 Å². The third kappa shape index (κ3) is 2.53. The predicted octanol–water partition coefficient (Wildman–Crippen LogP) is 2.02. The number of rotatable bonds is 4. The lowest BCUT2D eigenvalue weighted by Gasteiger charge is -2.25. The molecule has 0 amide bonds. The first-order valence-electron chi connectivity index (χ1n) is 7.34. The average Bonchev–Trinajstić information content (AvgIpc) is 2.94. The van der Waals surface area contributed by atoms with Crippen LogP contribution in [0.3, 0.4) is 0 Å². The topological polar surface area (TPSA) is 101 Å². The molecule has 0 saturated carbocycles. The number of nitrogens with zero attached hydrogens (tertiary/aromatic N) is 2. The standard InChI is InChI=1S/C16H16N2O5S/c1-11-6-7-14(9-16(11)18(20)21)24(22,23)17-13(10-19)8-12-4-2-3-5-15(12)17/h2-7,9,13,19H,8,10H2,1H3/t13-/m0/s1. The minimum Gasteiger partial charge on any atom is -0.394 e. The number of nitro groups is 1. The number of fused-ring (bicyclic) bond motifs is 1. The van der Waals surface area contributed by atoms with Gasteiger partial charge in [-0.3, -0.25) is 14.4 Å². The fraction of sp³-hybridized carbons (Fsp3) is 0.250. The van der Waals surface area contributed by atoms with Gasteiger partial charge in [0.25, 0.3) is 15.7 Å². The molecule has 3 rings (SSSR count). The van der Waals surface area contributed by atoms with Crippen LogP contribution in [0.2, 0.25) is 0 Å². The first kappa shape index (κ1) is 16.4. The fourth-order valence-electron chi connectivity index (χ4n) is 2.96. The summed E-state index contributed by atoms with van der Waals surface area (Å²) in [5.74, 6) is 0. The lowest BCUT2D eigenvalue weighted by atomic mass is 10.1. The van der Waals surface area contributed by atoms with Crippen LogP contribution in [0.25, 0.3) is 0 Å². The Balaban J connectivity index is 2.14. The number of hydrogen-bond donors (Lipinski definition) is 1. The lowest BCUT2D eigenvalue weighted by Crippen LogP contribution is -2.39. The molecule has 0 saturated heterocycles. The fourth-order valence-corrected chi connectivity index (χ4v) is 4.65. The molecule has 0 radical (unpaired) electrons. The highest BCUT2D eigenvalue weighted by Gasteiger charge is 2.38. The number of benzene rings is 2. The van der Waals surface area contributed by atoms with Gasteiger partial charge in [0.15, 0.2) is 0 Å². The quantitative estimate of drug-likeness (QED) is 0.673. The second-order valence-corrected chi connectivity index (χ2v) is 7.49. The molecular formula is C16H16N2O5S. The number of nitro benzene ring substituents is 1. The molecule has 1 N–H and O–H groups in total. The minimum atomic E-state index is -4.02. The predicted molar refractivity (Wildman–Crippen MR) is 88.5 cm³/mol. The van der Waals surface area contributed by atoms with Crippen molar-refractivity contribution < 1.29 is 18.4 Å². The molecule has 1 atom stereocenters. The highest BCUT2D eigenvalue weighted by atomic mass is 32.2. The smallest absolute Gasteiger partial charge is 0.273 e. The Morgan fingerprint density at radius 2 is 2.00 bits per heavy atom. The number of anilines is 1. The van der Waals surface area contributed by atoms with Crippen molar-refractivity contribution in [3.63, 3.8) is 0 Å². The van der Waals surface area contributed by atoms with Crippen molar-refractivity contribution in [1.82, 2.24) is 0 Å². The zero-order chi connectivity index (χ0) is 17.5. The number of hydrogen-bond acceptors (Lipinski definition) is 5. The second-order valence-electron chi connectivity index (χ2n) is 5.68. The molecule has 8 heteroatoms. The van der Waals surface area contributed by atoms with Gasteiger partial charge in [-0.2, -0.15) is 0 Å². The first-order chi connectivity index (χ1) is 11.4. The Morgan fingerprint density at radius 3 is 2.67 bits per heavy atom. The van der Waals surface area contributed by atoms with E-state index in [4.69, 9.17) is 0 Å². The SMILES string of the molecule is Cc1ccc(S(=O)(=O)N2c3ccccc3C[C@H]2CO)cc1[N+](=O)[O-]. The first-order valence-corrected chi connectivity index (χ1v) is 8.78. The van der Waals surface area contributed by atoms with E-state index in [9.17, 15) is 23.6 Å². The summed E-state index contributed by atoms with van der Waals surface area (Å²) in [6, 6.07) is 10.2. The van der Waals surface area contributed by atoms with Crippen LogP contribution in [0.1, 0.15) is 11.1 Å². The number of sulfonamides is 1. The van der Waals surface area contributed by atoms with Gasteiger partial charge in [0, 0.05) is 11.6 Å². The van der Waals surface area contributed by atoms with Gasteiger partial charge in [-0.25, -0.2) is 8.42 Å². The highest BCUT2D eigenvalue weighted by molar-refractivity contribution is 7.92. The number of aliphatic hydroxyl groups excluding tert-OH is 1. The van der Waals surface area contributed by atoms with E-state index in [0.717, 1.165) is 15.9 Å². The van der Waals surface area contributed by atoms with E-state index in [1.54, 1.807) is 25.1 Å². The molecule has 2 aromatic carbocycles. The molecule has 24 heavy (non-hydrogen) atoms. The van der Waals surface area contributed by atoms with E-state index in [-0.39, 0.29) is 17.2 Å². The highest BCUT2D eigenvalue weighted by Crippen LogP contribution is 2.37. The summed E-state index contributed by atoms with van der Waals surface area (Å²) in [6.45, 7) is 1.22. The summed E-state index contributed by atoms with van der Waals surface area (Å²) in [6.07, 6.45) is 0.403. The van der Waals surface area contributed by atoms with Crippen molar-refractivity contribution in [3.05, 3.63) is 63.7 Å². The van der Waals surface area contributed by atoms with Crippen molar-refractivity contribution >= 4 is 21.4 Å². The van der Waals surface area contributed by atoms with Crippen LogP contribution in [0, 0.1) is 17.0 Å². The van der Waals surface area contributed by atoms with Crippen molar-refractivity contribution in [2.24, 2.45) is 0 Å². The molecular weight excluding hydrogens is 332 g/mol. The van der Waals surface area contributed by atoms with E-state index in [2.05, 4.69) is 0 Å². The Kier molecular flexibility index (Phi) is 4.02. The summed E-state index contributed by atoms with van der Waals surface area (Å²) in [5.41, 5.74) is 1.46. The zero-order valence-electron chi connectivity index (χ0n) is 12.9. The molecule has 0 aromatic heterocycles. The van der Waals surface area contributed by atoms with E-state index < -0.39 is 21.0 Å². The van der Waals surface area contributed by atoms with E-state index >= 15 is 0 Å². The van der Waals surface area contributed by atoms with Crippen LogP contribution < -0.4 is 4.31 Å². The largest absolute Gasteiger partial charge is 0.394 e. The number of para-hydroxylation sites is 1. The molecule has 0 aliphatic carbocycles. The van der Waals surface area contributed by atoms with Gasteiger partial charge >= 0.3 is 0 Å². The van der Waals surface area contributed by atoms with E-state index in [1.165, 1.54) is 12.1 Å². The molecule has 0 unspecified atom stereocenters. The van der Waals surface area contributed by atoms with Crippen LogP contribution in [0.5, 0.6) is 0 Å². The second kappa shape index (κ2) is 5.88. The molecule has 0 bridgehead atoms. The molecule has 7 nitrogen and oxygen atoms in total. The van der Waals surface area contributed by atoms with Gasteiger partial charge in [0.05, 0.1) is 28.2 Å². The third-order valence-electron chi connectivity index (χ3n) is 4.16. The average molecular weight is 348 g/mol. The Hall–Kier alpha value is -2.45. The Bertz CT molecular complexity index is 910.